The van der Waals surface area contributed by atoms with Crippen LogP contribution in [0, 0.1) is 11.3 Å². The number of nitrogens with zero attached hydrogens (tertiary/aromatic N) is 1. The fraction of sp³-hybridized carbons (Fsp3) is 0.417. The van der Waals surface area contributed by atoms with Crippen molar-refractivity contribution in [1.29, 1.82) is 5.26 Å². The van der Waals surface area contributed by atoms with E-state index in [0.717, 1.165) is 17.9 Å². The summed E-state index contributed by atoms with van der Waals surface area (Å²) in [6.07, 6.45) is 3.17. The highest BCUT2D eigenvalue weighted by molar-refractivity contribution is 7.98. The second kappa shape index (κ2) is 6.29. The number of rotatable bonds is 5. The van der Waals surface area contributed by atoms with Gasteiger partial charge >= 0.3 is 0 Å². The van der Waals surface area contributed by atoms with Crippen LogP contribution in [0.5, 0.6) is 0 Å². The van der Waals surface area contributed by atoms with E-state index in [1.54, 1.807) is 6.07 Å². The Labute approximate surface area is 101 Å². The van der Waals surface area contributed by atoms with Crippen LogP contribution in [0.1, 0.15) is 18.9 Å². The highest BCUT2D eigenvalue weighted by atomic mass is 32.2. The summed E-state index contributed by atoms with van der Waals surface area (Å²) in [6, 6.07) is 7.89. The summed E-state index contributed by atoms with van der Waals surface area (Å²) in [4.78, 5) is 0. The summed E-state index contributed by atoms with van der Waals surface area (Å²) < 4.78 is 0. The Balaban J connectivity index is 2.70. The number of nitriles is 1. The monoisotopic (exact) mass is 235 g/mol. The summed E-state index contributed by atoms with van der Waals surface area (Å²) in [5, 5.41) is 12.3. The summed E-state index contributed by atoms with van der Waals surface area (Å²) in [5.41, 5.74) is 7.73. The number of nitrogen functional groups attached to an aromatic ring is 1. The highest BCUT2D eigenvalue weighted by Crippen LogP contribution is 2.19. The van der Waals surface area contributed by atoms with E-state index in [9.17, 15) is 0 Å². The molecule has 4 heteroatoms. The number of nitrogens with one attached hydrogen (secondary N) is 1. The Morgan fingerprint density at radius 3 is 2.94 bits per heavy atom. The summed E-state index contributed by atoms with van der Waals surface area (Å²) >= 11 is 1.83. The molecule has 86 valence electrons. The van der Waals surface area contributed by atoms with Gasteiger partial charge in [0.1, 0.15) is 6.07 Å². The van der Waals surface area contributed by atoms with Gasteiger partial charge in [-0.1, -0.05) is 0 Å². The van der Waals surface area contributed by atoms with Gasteiger partial charge < -0.3 is 11.1 Å². The average molecular weight is 235 g/mol. The van der Waals surface area contributed by atoms with Crippen molar-refractivity contribution in [3.8, 4) is 6.07 Å². The maximum absolute atomic E-state index is 8.98. The van der Waals surface area contributed by atoms with E-state index in [1.807, 2.05) is 23.9 Å². The van der Waals surface area contributed by atoms with Crippen LogP contribution in [0.25, 0.3) is 0 Å². The number of hydrogen-bond donors (Lipinski definition) is 2. The fourth-order valence-corrected chi connectivity index (χ4v) is 2.00. The minimum absolute atomic E-state index is 0.364. The van der Waals surface area contributed by atoms with Crippen LogP contribution >= 0.6 is 11.8 Å². The van der Waals surface area contributed by atoms with Crippen molar-refractivity contribution >= 4 is 23.1 Å². The SMILES string of the molecule is CSCCC(C)Nc1ccc(N)cc1C#N. The molecule has 0 radical (unpaired) electrons. The third-order valence-corrected chi connectivity index (χ3v) is 2.96. The Morgan fingerprint density at radius 1 is 1.56 bits per heavy atom. The topological polar surface area (TPSA) is 61.8 Å². The van der Waals surface area contributed by atoms with Crippen LogP contribution in [0.2, 0.25) is 0 Å². The molecule has 16 heavy (non-hydrogen) atoms. The van der Waals surface area contributed by atoms with E-state index in [-0.39, 0.29) is 0 Å². The zero-order valence-electron chi connectivity index (χ0n) is 9.66. The standard InChI is InChI=1S/C12H17N3S/c1-9(5-6-16-2)15-12-4-3-11(14)7-10(12)8-13/h3-4,7,9,15H,5-6,14H2,1-2H3. The van der Waals surface area contributed by atoms with Crippen molar-refractivity contribution in [3.05, 3.63) is 23.8 Å². The molecule has 1 aromatic carbocycles. The van der Waals surface area contributed by atoms with E-state index in [4.69, 9.17) is 11.0 Å². The van der Waals surface area contributed by atoms with Gasteiger partial charge in [-0.05, 0) is 43.6 Å². The predicted molar refractivity (Wildman–Crippen MR) is 71.7 cm³/mol. The molecule has 0 spiro atoms. The van der Waals surface area contributed by atoms with Gasteiger partial charge in [0, 0.05) is 11.7 Å². The summed E-state index contributed by atoms with van der Waals surface area (Å²) in [7, 11) is 0. The normalized spacial score (nSPS) is 11.8. The van der Waals surface area contributed by atoms with E-state index in [0.29, 0.717) is 17.3 Å². The molecular weight excluding hydrogens is 218 g/mol. The third kappa shape index (κ3) is 3.67. The van der Waals surface area contributed by atoms with Gasteiger partial charge in [0.2, 0.25) is 0 Å². The lowest BCUT2D eigenvalue weighted by atomic mass is 10.1. The molecule has 3 nitrogen and oxygen atoms in total. The minimum atomic E-state index is 0.364. The molecule has 0 amide bonds. The van der Waals surface area contributed by atoms with Crippen LogP contribution in [0.15, 0.2) is 18.2 Å². The van der Waals surface area contributed by atoms with E-state index < -0.39 is 0 Å². The van der Waals surface area contributed by atoms with Gasteiger partial charge in [-0.25, -0.2) is 0 Å². The zero-order chi connectivity index (χ0) is 12.0. The second-order valence-corrected chi connectivity index (χ2v) is 4.73. The van der Waals surface area contributed by atoms with Crippen molar-refractivity contribution in [3.63, 3.8) is 0 Å². The molecule has 0 aromatic heterocycles. The molecule has 0 fully saturated rings. The fourth-order valence-electron chi connectivity index (χ4n) is 1.41. The van der Waals surface area contributed by atoms with Crippen LogP contribution in [0.4, 0.5) is 11.4 Å². The van der Waals surface area contributed by atoms with Gasteiger partial charge in [-0.15, -0.1) is 0 Å². The smallest absolute Gasteiger partial charge is 0.101 e. The van der Waals surface area contributed by atoms with Crippen molar-refractivity contribution in [2.24, 2.45) is 0 Å². The van der Waals surface area contributed by atoms with Crippen molar-refractivity contribution < 1.29 is 0 Å². The molecule has 3 N–H and O–H groups in total. The Morgan fingerprint density at radius 2 is 2.31 bits per heavy atom. The molecule has 0 bridgehead atoms. The maximum Gasteiger partial charge on any atom is 0.101 e. The van der Waals surface area contributed by atoms with Gasteiger partial charge in [0.15, 0.2) is 0 Å². The first-order valence-electron chi connectivity index (χ1n) is 5.22. The Kier molecular flexibility index (Phi) is 5.00. The van der Waals surface area contributed by atoms with Crippen molar-refractivity contribution in [2.45, 2.75) is 19.4 Å². The lowest BCUT2D eigenvalue weighted by Gasteiger charge is -2.15. The molecule has 0 saturated carbocycles. The quantitative estimate of drug-likeness (QED) is 0.770. The highest BCUT2D eigenvalue weighted by Gasteiger charge is 2.06. The Hall–Kier alpha value is -1.34. The third-order valence-electron chi connectivity index (χ3n) is 2.32. The molecule has 0 saturated heterocycles. The van der Waals surface area contributed by atoms with E-state index >= 15 is 0 Å². The average Bonchev–Trinajstić information content (AvgIpc) is 2.28. The van der Waals surface area contributed by atoms with Crippen LogP contribution < -0.4 is 11.1 Å². The number of benzene rings is 1. The van der Waals surface area contributed by atoms with Gasteiger partial charge in [-0.3, -0.25) is 0 Å². The number of thioether (sulfide) groups is 1. The lowest BCUT2D eigenvalue weighted by Crippen LogP contribution is -2.16. The Bertz CT molecular complexity index is 384. The second-order valence-electron chi connectivity index (χ2n) is 3.74. The largest absolute Gasteiger partial charge is 0.399 e. The summed E-state index contributed by atoms with van der Waals surface area (Å²) in [5.74, 6) is 1.12. The first kappa shape index (κ1) is 12.7. The van der Waals surface area contributed by atoms with E-state index in [2.05, 4.69) is 24.6 Å². The molecular formula is C12H17N3S. The maximum atomic E-state index is 8.98. The van der Waals surface area contributed by atoms with Crippen LogP contribution in [-0.2, 0) is 0 Å². The molecule has 0 aliphatic carbocycles. The minimum Gasteiger partial charge on any atom is -0.399 e. The van der Waals surface area contributed by atoms with Crippen molar-refractivity contribution in [2.75, 3.05) is 23.1 Å². The van der Waals surface area contributed by atoms with Gasteiger partial charge in [-0.2, -0.15) is 17.0 Å². The molecule has 1 unspecified atom stereocenters. The van der Waals surface area contributed by atoms with Gasteiger partial charge in [0.25, 0.3) is 0 Å². The van der Waals surface area contributed by atoms with Gasteiger partial charge in [0.05, 0.1) is 11.3 Å². The number of hydrogen-bond acceptors (Lipinski definition) is 4. The molecule has 0 aliphatic heterocycles. The molecule has 1 rings (SSSR count). The number of nitrogens with two attached hydrogens (primary N) is 1. The molecule has 1 aromatic rings. The lowest BCUT2D eigenvalue weighted by molar-refractivity contribution is 0.772. The molecule has 0 heterocycles. The van der Waals surface area contributed by atoms with Crippen LogP contribution in [-0.4, -0.2) is 18.1 Å². The van der Waals surface area contributed by atoms with E-state index in [1.165, 1.54) is 0 Å². The first-order valence-corrected chi connectivity index (χ1v) is 6.62. The summed E-state index contributed by atoms with van der Waals surface area (Å²) in [6.45, 7) is 2.12. The first-order chi connectivity index (χ1) is 7.67. The zero-order valence-corrected chi connectivity index (χ0v) is 10.5. The van der Waals surface area contributed by atoms with Crippen molar-refractivity contribution in [1.82, 2.24) is 0 Å². The predicted octanol–water partition coefficient (Wildman–Crippen LogP) is 2.69. The number of anilines is 2. The van der Waals surface area contributed by atoms with Crippen LogP contribution in [0.3, 0.4) is 0 Å². The molecule has 1 atom stereocenters. The molecule has 0 aliphatic rings.